The highest BCUT2D eigenvalue weighted by Gasteiger charge is 2.47. The lowest BCUT2D eigenvalue weighted by Gasteiger charge is -2.36. The summed E-state index contributed by atoms with van der Waals surface area (Å²) in [4.78, 5) is 12.3. The van der Waals surface area contributed by atoms with Crippen LogP contribution >= 0.6 is 0 Å². The van der Waals surface area contributed by atoms with Gasteiger partial charge in [0, 0.05) is 6.54 Å². The molecule has 0 aliphatic rings. The van der Waals surface area contributed by atoms with Crippen molar-refractivity contribution in [3.63, 3.8) is 0 Å². The fourth-order valence-corrected chi connectivity index (χ4v) is 2.06. The number of hydrogen-bond acceptors (Lipinski definition) is 2. The van der Waals surface area contributed by atoms with Gasteiger partial charge >= 0.3 is 12.1 Å². The summed E-state index contributed by atoms with van der Waals surface area (Å²) in [7, 11) is 0. The molecule has 0 aliphatic heterocycles. The number of nitriles is 1. The van der Waals surface area contributed by atoms with Crippen LogP contribution in [0, 0.1) is 23.7 Å². The quantitative estimate of drug-likeness (QED) is 0.851. The van der Waals surface area contributed by atoms with E-state index in [1.54, 1.807) is 45.0 Å². The molecule has 1 unspecified atom stereocenters. The molecule has 1 atom stereocenters. The summed E-state index contributed by atoms with van der Waals surface area (Å²) >= 11 is 0. The SMILES string of the molecule is Cc1ccc(CN(C(=O)C(F)(F)F)C(C#N)C(C)(C)C)cc1. The van der Waals surface area contributed by atoms with Crippen LogP contribution in [0.3, 0.4) is 0 Å². The molecule has 0 N–H and O–H groups in total. The molecule has 0 saturated carbocycles. The van der Waals surface area contributed by atoms with Crippen molar-refractivity contribution in [3.05, 3.63) is 35.4 Å². The first-order chi connectivity index (χ1) is 9.96. The van der Waals surface area contributed by atoms with E-state index < -0.39 is 23.5 Å². The van der Waals surface area contributed by atoms with Gasteiger partial charge < -0.3 is 4.90 Å². The molecule has 0 heterocycles. The fourth-order valence-electron chi connectivity index (χ4n) is 2.06. The Morgan fingerprint density at radius 1 is 1.23 bits per heavy atom. The average molecular weight is 312 g/mol. The normalized spacial score (nSPS) is 13.4. The Morgan fingerprint density at radius 2 is 1.73 bits per heavy atom. The molecule has 0 aromatic heterocycles. The monoisotopic (exact) mass is 312 g/mol. The summed E-state index contributed by atoms with van der Waals surface area (Å²) < 4.78 is 38.6. The van der Waals surface area contributed by atoms with Crippen molar-refractivity contribution in [2.24, 2.45) is 5.41 Å². The van der Waals surface area contributed by atoms with Gasteiger partial charge in [-0.05, 0) is 17.9 Å². The molecule has 22 heavy (non-hydrogen) atoms. The van der Waals surface area contributed by atoms with Gasteiger partial charge in [0.2, 0.25) is 0 Å². The maximum absolute atomic E-state index is 12.9. The predicted octanol–water partition coefficient (Wildman–Crippen LogP) is 3.82. The number of hydrogen-bond donors (Lipinski definition) is 0. The largest absolute Gasteiger partial charge is 0.471 e. The summed E-state index contributed by atoms with van der Waals surface area (Å²) in [6, 6.07) is 7.47. The van der Waals surface area contributed by atoms with E-state index in [-0.39, 0.29) is 6.54 Å². The number of halogens is 3. The minimum absolute atomic E-state index is 0.256. The molecule has 1 aromatic carbocycles. The van der Waals surface area contributed by atoms with Crippen molar-refractivity contribution in [3.8, 4) is 6.07 Å². The number of carbonyl (C=O) groups is 1. The third-order valence-electron chi connectivity index (χ3n) is 3.23. The molecule has 3 nitrogen and oxygen atoms in total. The number of benzene rings is 1. The van der Waals surface area contributed by atoms with Crippen LogP contribution in [0.5, 0.6) is 0 Å². The number of carbonyl (C=O) groups excluding carboxylic acids is 1. The molecule has 0 fully saturated rings. The first kappa shape index (κ1) is 18.0. The Balaban J connectivity index is 3.20. The van der Waals surface area contributed by atoms with Crippen LogP contribution in [-0.4, -0.2) is 23.0 Å². The molecule has 1 rings (SSSR count). The van der Waals surface area contributed by atoms with E-state index in [4.69, 9.17) is 0 Å². The average Bonchev–Trinajstić information content (AvgIpc) is 2.37. The Hall–Kier alpha value is -2.03. The first-order valence-electron chi connectivity index (χ1n) is 6.79. The summed E-state index contributed by atoms with van der Waals surface area (Å²) in [6.07, 6.45) is -5.01. The lowest BCUT2D eigenvalue weighted by atomic mass is 9.86. The van der Waals surface area contributed by atoms with Crippen molar-refractivity contribution >= 4 is 5.91 Å². The maximum atomic E-state index is 12.9. The van der Waals surface area contributed by atoms with Crippen LogP contribution in [-0.2, 0) is 11.3 Å². The second-order valence-electron chi connectivity index (χ2n) is 6.31. The van der Waals surface area contributed by atoms with Crippen LogP contribution in [0.2, 0.25) is 0 Å². The van der Waals surface area contributed by atoms with E-state index in [1.165, 1.54) is 0 Å². The van der Waals surface area contributed by atoms with E-state index in [0.29, 0.717) is 10.5 Å². The summed E-state index contributed by atoms with van der Waals surface area (Å²) in [5, 5.41) is 9.26. The van der Waals surface area contributed by atoms with E-state index >= 15 is 0 Å². The molecule has 120 valence electrons. The van der Waals surface area contributed by atoms with Gasteiger partial charge in [-0.3, -0.25) is 4.79 Å². The summed E-state index contributed by atoms with van der Waals surface area (Å²) in [5.74, 6) is -1.99. The molecule has 0 bridgehead atoms. The lowest BCUT2D eigenvalue weighted by molar-refractivity contribution is -0.189. The number of nitrogens with zero attached hydrogens (tertiary/aromatic N) is 2. The van der Waals surface area contributed by atoms with Gasteiger partial charge in [-0.15, -0.1) is 0 Å². The van der Waals surface area contributed by atoms with E-state index in [1.807, 2.05) is 13.0 Å². The van der Waals surface area contributed by atoms with Crippen molar-refractivity contribution in [1.82, 2.24) is 4.90 Å². The number of rotatable bonds is 3. The van der Waals surface area contributed by atoms with Gasteiger partial charge in [0.1, 0.15) is 6.04 Å². The van der Waals surface area contributed by atoms with E-state index in [2.05, 4.69) is 0 Å². The number of alkyl halides is 3. The van der Waals surface area contributed by atoms with Crippen molar-refractivity contribution < 1.29 is 18.0 Å². The minimum Gasteiger partial charge on any atom is -0.314 e. The highest BCUT2D eigenvalue weighted by Crippen LogP contribution is 2.29. The van der Waals surface area contributed by atoms with Crippen LogP contribution in [0.1, 0.15) is 31.9 Å². The van der Waals surface area contributed by atoms with Crippen LogP contribution in [0.15, 0.2) is 24.3 Å². The molecule has 0 radical (unpaired) electrons. The zero-order valence-electron chi connectivity index (χ0n) is 13.0. The van der Waals surface area contributed by atoms with Crippen LogP contribution in [0.4, 0.5) is 13.2 Å². The van der Waals surface area contributed by atoms with Crippen LogP contribution < -0.4 is 0 Å². The van der Waals surface area contributed by atoms with Crippen molar-refractivity contribution in [2.75, 3.05) is 0 Å². The standard InChI is InChI=1S/C16H19F3N2O/c1-11-5-7-12(8-6-11)10-21(14(22)16(17,18)19)13(9-20)15(2,3)4/h5-8,13H,10H2,1-4H3. The highest BCUT2D eigenvalue weighted by atomic mass is 19.4. The predicted molar refractivity (Wildman–Crippen MR) is 76.6 cm³/mol. The second kappa shape index (κ2) is 6.39. The van der Waals surface area contributed by atoms with Gasteiger partial charge in [0.25, 0.3) is 0 Å². The van der Waals surface area contributed by atoms with Gasteiger partial charge in [-0.1, -0.05) is 50.6 Å². The number of aryl methyl sites for hydroxylation is 1. The van der Waals surface area contributed by atoms with Gasteiger partial charge in [0.05, 0.1) is 6.07 Å². The Morgan fingerprint density at radius 3 is 2.09 bits per heavy atom. The molecule has 0 aliphatic carbocycles. The molecule has 1 amide bonds. The highest BCUT2D eigenvalue weighted by molar-refractivity contribution is 5.82. The minimum atomic E-state index is -5.01. The van der Waals surface area contributed by atoms with Crippen LogP contribution in [0.25, 0.3) is 0 Å². The Kier molecular flexibility index (Phi) is 5.23. The first-order valence-corrected chi connectivity index (χ1v) is 6.79. The summed E-state index contributed by atoms with van der Waals surface area (Å²) in [6.45, 7) is 6.50. The Bertz CT molecular complexity index is 565. The Labute approximate surface area is 128 Å². The van der Waals surface area contributed by atoms with Gasteiger partial charge in [0.15, 0.2) is 0 Å². The molecule has 0 saturated heterocycles. The zero-order valence-corrected chi connectivity index (χ0v) is 13.0. The molecular formula is C16H19F3N2O. The van der Waals surface area contributed by atoms with E-state index in [0.717, 1.165) is 5.56 Å². The topological polar surface area (TPSA) is 44.1 Å². The van der Waals surface area contributed by atoms with Gasteiger partial charge in [-0.2, -0.15) is 18.4 Å². The molecule has 1 aromatic rings. The second-order valence-corrected chi connectivity index (χ2v) is 6.31. The molecule has 6 heteroatoms. The third-order valence-corrected chi connectivity index (χ3v) is 3.23. The number of amides is 1. The molecule has 0 spiro atoms. The third kappa shape index (κ3) is 4.48. The smallest absolute Gasteiger partial charge is 0.314 e. The maximum Gasteiger partial charge on any atom is 0.471 e. The zero-order chi connectivity index (χ0) is 17.1. The van der Waals surface area contributed by atoms with Crippen molar-refractivity contribution in [2.45, 2.75) is 46.5 Å². The lowest BCUT2D eigenvalue weighted by Crippen LogP contribution is -2.50. The van der Waals surface area contributed by atoms with E-state index in [9.17, 15) is 23.2 Å². The summed E-state index contributed by atoms with van der Waals surface area (Å²) in [5.41, 5.74) is 0.721. The van der Waals surface area contributed by atoms with Gasteiger partial charge in [-0.25, -0.2) is 0 Å². The molecular weight excluding hydrogens is 293 g/mol. The fraction of sp³-hybridized carbons (Fsp3) is 0.500. The van der Waals surface area contributed by atoms with Crippen molar-refractivity contribution in [1.29, 1.82) is 5.26 Å².